The molecule has 0 atom stereocenters. The molecule has 29 heavy (non-hydrogen) atoms. The molecule has 152 valence electrons. The summed E-state index contributed by atoms with van der Waals surface area (Å²) in [7, 11) is 0. The fourth-order valence-electron chi connectivity index (χ4n) is 3.81. The second-order valence-corrected chi connectivity index (χ2v) is 7.28. The predicted octanol–water partition coefficient (Wildman–Crippen LogP) is 4.79. The maximum absolute atomic E-state index is 14.9. The molecule has 1 aliphatic heterocycles. The number of fused-ring (bicyclic) bond motifs is 1. The Balaban J connectivity index is 1.89. The monoisotopic (exact) mass is 397 g/mol. The number of carbonyl (C=O) groups is 1. The molecule has 6 nitrogen and oxygen atoms in total. The van der Waals surface area contributed by atoms with Crippen molar-refractivity contribution >= 4 is 28.4 Å². The minimum atomic E-state index is -0.429. The quantitative estimate of drug-likeness (QED) is 0.672. The van der Waals surface area contributed by atoms with Crippen LogP contribution in [0.5, 0.6) is 5.75 Å². The highest BCUT2D eigenvalue weighted by atomic mass is 19.1. The summed E-state index contributed by atoms with van der Waals surface area (Å²) in [5.41, 5.74) is 9.37. The van der Waals surface area contributed by atoms with Crippen molar-refractivity contribution in [2.45, 2.75) is 33.4 Å². The summed E-state index contributed by atoms with van der Waals surface area (Å²) >= 11 is 0. The van der Waals surface area contributed by atoms with Crippen molar-refractivity contribution in [3.63, 3.8) is 0 Å². The average Bonchev–Trinajstić information content (AvgIpc) is 3.22. The summed E-state index contributed by atoms with van der Waals surface area (Å²) in [6.45, 7) is 7.27. The molecule has 0 saturated carbocycles. The molecular formula is C22H24FN3O3. The topological polar surface area (TPSA) is 69.7 Å². The SMILES string of the molecule is CCn1c(-c2cc(N3CCOC3=O)ccc2F)c(N)c2ccc(OC(C)C)cc21. The first-order valence-corrected chi connectivity index (χ1v) is 9.73. The first-order chi connectivity index (χ1) is 13.9. The number of halogens is 1. The van der Waals surface area contributed by atoms with E-state index in [1.807, 2.05) is 43.5 Å². The standard InChI is InChI=1S/C22H24FN3O3/c1-4-25-19-12-15(29-13(2)3)6-7-16(19)20(24)21(25)17-11-14(5-8-18(17)23)26-9-10-28-22(26)27/h5-8,11-13H,4,9-10,24H2,1-3H3. The Morgan fingerprint density at radius 1 is 1.24 bits per heavy atom. The normalized spacial score (nSPS) is 14.1. The van der Waals surface area contributed by atoms with Crippen molar-refractivity contribution in [1.29, 1.82) is 0 Å². The smallest absolute Gasteiger partial charge is 0.414 e. The molecule has 1 saturated heterocycles. The third kappa shape index (κ3) is 3.26. The fourth-order valence-corrected chi connectivity index (χ4v) is 3.81. The van der Waals surface area contributed by atoms with Crippen molar-refractivity contribution in [2.75, 3.05) is 23.8 Å². The Morgan fingerprint density at radius 2 is 2.03 bits per heavy atom. The summed E-state index contributed by atoms with van der Waals surface area (Å²) in [4.78, 5) is 13.4. The first kappa shape index (κ1) is 19.1. The van der Waals surface area contributed by atoms with Crippen LogP contribution in [0.2, 0.25) is 0 Å². The van der Waals surface area contributed by atoms with E-state index in [2.05, 4.69) is 0 Å². The lowest BCUT2D eigenvalue weighted by Crippen LogP contribution is -2.23. The van der Waals surface area contributed by atoms with Gasteiger partial charge < -0.3 is 19.8 Å². The van der Waals surface area contributed by atoms with Gasteiger partial charge in [0.15, 0.2) is 0 Å². The van der Waals surface area contributed by atoms with Gasteiger partial charge in [0.25, 0.3) is 0 Å². The molecule has 0 spiro atoms. The molecule has 1 aliphatic rings. The van der Waals surface area contributed by atoms with Gasteiger partial charge in [-0.25, -0.2) is 9.18 Å². The van der Waals surface area contributed by atoms with Gasteiger partial charge in [0.1, 0.15) is 18.2 Å². The first-order valence-electron chi connectivity index (χ1n) is 9.73. The zero-order valence-corrected chi connectivity index (χ0v) is 16.7. The van der Waals surface area contributed by atoms with Gasteiger partial charge in [-0.15, -0.1) is 0 Å². The maximum atomic E-state index is 14.9. The van der Waals surface area contributed by atoms with Crippen LogP contribution < -0.4 is 15.4 Å². The summed E-state index contributed by atoms with van der Waals surface area (Å²) in [5.74, 6) is 0.337. The molecule has 0 bridgehead atoms. The number of benzene rings is 2. The molecule has 0 radical (unpaired) electrons. The highest BCUT2D eigenvalue weighted by Gasteiger charge is 2.26. The number of amides is 1. The van der Waals surface area contributed by atoms with Crippen molar-refractivity contribution < 1.29 is 18.7 Å². The van der Waals surface area contributed by atoms with E-state index in [1.54, 1.807) is 12.1 Å². The Bertz CT molecular complexity index is 1090. The number of carbonyl (C=O) groups excluding carboxylic acids is 1. The molecule has 0 aliphatic carbocycles. The summed E-state index contributed by atoms with van der Waals surface area (Å²) < 4.78 is 27.7. The van der Waals surface area contributed by atoms with Crippen molar-refractivity contribution in [3.8, 4) is 17.0 Å². The van der Waals surface area contributed by atoms with Crippen LogP contribution in [-0.4, -0.2) is 29.9 Å². The van der Waals surface area contributed by atoms with Crippen molar-refractivity contribution in [2.24, 2.45) is 0 Å². The van der Waals surface area contributed by atoms with Crippen LogP contribution in [0.25, 0.3) is 22.2 Å². The second-order valence-electron chi connectivity index (χ2n) is 7.28. The average molecular weight is 397 g/mol. The molecule has 1 fully saturated rings. The number of nitrogen functional groups attached to an aromatic ring is 1. The Labute approximate surface area is 168 Å². The Morgan fingerprint density at radius 3 is 2.69 bits per heavy atom. The maximum Gasteiger partial charge on any atom is 0.414 e. The molecule has 1 aromatic heterocycles. The fraction of sp³-hybridized carbons (Fsp3) is 0.318. The number of hydrogen-bond acceptors (Lipinski definition) is 4. The zero-order valence-electron chi connectivity index (χ0n) is 16.7. The summed E-state index contributed by atoms with van der Waals surface area (Å²) in [6.07, 6.45) is -0.384. The number of cyclic esters (lactones) is 1. The van der Waals surface area contributed by atoms with E-state index < -0.39 is 11.9 Å². The van der Waals surface area contributed by atoms with Crippen LogP contribution in [0, 0.1) is 5.82 Å². The Kier molecular flexibility index (Phi) is 4.82. The van der Waals surface area contributed by atoms with E-state index in [0.717, 1.165) is 16.7 Å². The molecule has 2 aromatic carbocycles. The van der Waals surface area contributed by atoms with Crippen molar-refractivity contribution in [3.05, 3.63) is 42.2 Å². The number of anilines is 2. The lowest BCUT2D eigenvalue weighted by Gasteiger charge is -2.16. The minimum Gasteiger partial charge on any atom is -0.491 e. The van der Waals surface area contributed by atoms with Crippen LogP contribution in [0.1, 0.15) is 20.8 Å². The number of aryl methyl sites for hydroxylation is 1. The zero-order chi connectivity index (χ0) is 20.7. The number of nitrogens with two attached hydrogens (primary N) is 1. The van der Waals surface area contributed by atoms with Gasteiger partial charge in [-0.1, -0.05) is 0 Å². The molecule has 0 unspecified atom stereocenters. The highest BCUT2D eigenvalue weighted by Crippen LogP contribution is 2.40. The molecule has 4 rings (SSSR count). The number of hydrogen-bond donors (Lipinski definition) is 1. The highest BCUT2D eigenvalue weighted by molar-refractivity contribution is 6.02. The van der Waals surface area contributed by atoms with Gasteiger partial charge in [-0.05, 0) is 51.1 Å². The van der Waals surface area contributed by atoms with Gasteiger partial charge in [-0.3, -0.25) is 4.90 Å². The molecular weight excluding hydrogens is 373 g/mol. The van der Waals surface area contributed by atoms with Crippen LogP contribution in [-0.2, 0) is 11.3 Å². The van der Waals surface area contributed by atoms with Crippen LogP contribution in [0.4, 0.5) is 20.6 Å². The number of rotatable bonds is 5. The van der Waals surface area contributed by atoms with E-state index in [9.17, 15) is 9.18 Å². The third-order valence-electron chi connectivity index (χ3n) is 5.04. The number of ether oxygens (including phenoxy) is 2. The van der Waals surface area contributed by atoms with Crippen LogP contribution in [0.15, 0.2) is 36.4 Å². The lowest BCUT2D eigenvalue weighted by atomic mass is 10.1. The van der Waals surface area contributed by atoms with Gasteiger partial charge in [0, 0.05) is 29.2 Å². The van der Waals surface area contributed by atoms with Gasteiger partial charge >= 0.3 is 6.09 Å². The van der Waals surface area contributed by atoms with Gasteiger partial charge in [0.2, 0.25) is 0 Å². The van der Waals surface area contributed by atoms with E-state index in [0.29, 0.717) is 42.3 Å². The van der Waals surface area contributed by atoms with Gasteiger partial charge in [-0.2, -0.15) is 0 Å². The minimum absolute atomic E-state index is 0.0450. The predicted molar refractivity (Wildman–Crippen MR) is 112 cm³/mol. The number of aromatic nitrogens is 1. The van der Waals surface area contributed by atoms with E-state index >= 15 is 0 Å². The largest absolute Gasteiger partial charge is 0.491 e. The molecule has 7 heteroatoms. The van der Waals surface area contributed by atoms with E-state index in [-0.39, 0.29) is 6.10 Å². The molecule has 2 N–H and O–H groups in total. The van der Waals surface area contributed by atoms with Crippen molar-refractivity contribution in [1.82, 2.24) is 4.57 Å². The third-order valence-corrected chi connectivity index (χ3v) is 5.04. The lowest BCUT2D eigenvalue weighted by molar-refractivity contribution is 0.181. The second kappa shape index (κ2) is 7.31. The summed E-state index contributed by atoms with van der Waals surface area (Å²) in [5, 5.41) is 0.836. The van der Waals surface area contributed by atoms with Crippen LogP contribution in [0.3, 0.4) is 0 Å². The number of nitrogens with zero attached hydrogens (tertiary/aromatic N) is 2. The Hall–Kier alpha value is -3.22. The van der Waals surface area contributed by atoms with E-state index in [4.69, 9.17) is 15.2 Å². The molecule has 1 amide bonds. The van der Waals surface area contributed by atoms with E-state index in [1.165, 1.54) is 11.0 Å². The summed E-state index contributed by atoms with van der Waals surface area (Å²) in [6, 6.07) is 10.3. The molecule has 3 aromatic rings. The van der Waals surface area contributed by atoms with Gasteiger partial charge in [0.05, 0.1) is 29.5 Å². The van der Waals surface area contributed by atoms with Crippen LogP contribution >= 0.6 is 0 Å². The molecule has 2 heterocycles.